The topological polar surface area (TPSA) is 71.3 Å². The lowest BCUT2D eigenvalue weighted by Gasteiger charge is -2.21. The summed E-state index contributed by atoms with van der Waals surface area (Å²) in [7, 11) is 0. The maximum absolute atomic E-state index is 13.5. The van der Waals surface area contributed by atoms with Crippen LogP contribution in [0.15, 0.2) is 36.7 Å². The van der Waals surface area contributed by atoms with Crippen LogP contribution in [0.5, 0.6) is 0 Å². The van der Waals surface area contributed by atoms with Crippen molar-refractivity contribution in [2.24, 2.45) is 0 Å². The molecule has 1 atom stereocenters. The zero-order valence-electron chi connectivity index (χ0n) is 15.3. The molecule has 1 saturated carbocycles. The van der Waals surface area contributed by atoms with Crippen LogP contribution in [0.25, 0.3) is 5.65 Å². The van der Waals surface area contributed by atoms with Crippen molar-refractivity contribution >= 4 is 17.4 Å². The van der Waals surface area contributed by atoms with E-state index in [1.807, 2.05) is 5.32 Å². The lowest BCUT2D eigenvalue weighted by atomic mass is 10.1. The zero-order valence-corrected chi connectivity index (χ0v) is 15.3. The van der Waals surface area contributed by atoms with E-state index in [0.29, 0.717) is 11.9 Å². The normalized spacial score (nSPS) is 15.3. The van der Waals surface area contributed by atoms with Crippen LogP contribution in [-0.2, 0) is 0 Å². The number of carbonyl (C=O) groups excluding carboxylic acids is 1. The number of imidazole rings is 1. The molecule has 2 heterocycles. The second-order valence-corrected chi connectivity index (χ2v) is 6.99. The minimum Gasteiger partial charge on any atom is -0.367 e. The SMILES string of the molecule is Cc1cc(NC2CC2)nc2c(C(=O)NC(c3ccc(F)cc3)C(F)(F)F)ncn12. The maximum Gasteiger partial charge on any atom is 0.412 e. The van der Waals surface area contributed by atoms with Crippen LogP contribution in [0, 0.1) is 12.7 Å². The molecule has 0 saturated heterocycles. The van der Waals surface area contributed by atoms with Gasteiger partial charge >= 0.3 is 6.18 Å². The Morgan fingerprint density at radius 1 is 1.24 bits per heavy atom. The summed E-state index contributed by atoms with van der Waals surface area (Å²) < 4.78 is 55.2. The Balaban J connectivity index is 1.66. The fourth-order valence-electron chi connectivity index (χ4n) is 3.00. The van der Waals surface area contributed by atoms with Crippen LogP contribution in [0.3, 0.4) is 0 Å². The first-order valence-corrected chi connectivity index (χ1v) is 8.96. The number of nitrogens with one attached hydrogen (secondary N) is 2. The minimum atomic E-state index is -4.77. The average molecular weight is 407 g/mol. The Morgan fingerprint density at radius 3 is 2.55 bits per heavy atom. The number of alkyl halides is 3. The van der Waals surface area contributed by atoms with Crippen molar-refractivity contribution in [3.05, 3.63) is 59.4 Å². The molecule has 10 heteroatoms. The number of amides is 1. The quantitative estimate of drug-likeness (QED) is 0.632. The highest BCUT2D eigenvalue weighted by Crippen LogP contribution is 2.33. The fraction of sp³-hybridized carbons (Fsp3) is 0.316. The average Bonchev–Trinajstić information content (AvgIpc) is 3.35. The summed E-state index contributed by atoms with van der Waals surface area (Å²) in [6.07, 6.45) is -1.40. The minimum absolute atomic E-state index is 0.158. The number of aryl methyl sites for hydroxylation is 1. The van der Waals surface area contributed by atoms with Crippen molar-refractivity contribution < 1.29 is 22.4 Å². The highest BCUT2D eigenvalue weighted by Gasteiger charge is 2.42. The van der Waals surface area contributed by atoms with E-state index in [9.17, 15) is 22.4 Å². The molecule has 2 aromatic heterocycles. The zero-order chi connectivity index (χ0) is 20.8. The summed E-state index contributed by atoms with van der Waals surface area (Å²) in [6.45, 7) is 1.78. The summed E-state index contributed by atoms with van der Waals surface area (Å²) in [5.74, 6) is -1.15. The first-order chi connectivity index (χ1) is 13.7. The van der Waals surface area contributed by atoms with Crippen LogP contribution in [0.1, 0.15) is 40.6 Å². The van der Waals surface area contributed by atoms with Gasteiger partial charge in [0.05, 0.1) is 0 Å². The number of hydrogen-bond donors (Lipinski definition) is 2. The van der Waals surface area contributed by atoms with E-state index < -0.39 is 23.9 Å². The molecule has 6 nitrogen and oxygen atoms in total. The molecule has 0 spiro atoms. The van der Waals surface area contributed by atoms with E-state index in [0.717, 1.165) is 42.8 Å². The third-order valence-corrected chi connectivity index (χ3v) is 4.64. The molecule has 1 amide bonds. The van der Waals surface area contributed by atoms with Gasteiger partial charge in [0.2, 0.25) is 0 Å². The van der Waals surface area contributed by atoms with E-state index >= 15 is 0 Å². The molecule has 1 aliphatic carbocycles. The number of aromatic nitrogens is 3. The number of anilines is 1. The third kappa shape index (κ3) is 4.01. The highest BCUT2D eigenvalue weighted by atomic mass is 19.4. The van der Waals surface area contributed by atoms with Crippen LogP contribution in [-0.4, -0.2) is 32.5 Å². The molecule has 152 valence electrons. The Bertz CT molecular complexity index is 1060. The van der Waals surface area contributed by atoms with E-state index in [4.69, 9.17) is 0 Å². The summed E-state index contributed by atoms with van der Waals surface area (Å²) in [4.78, 5) is 21.0. The van der Waals surface area contributed by atoms with Crippen molar-refractivity contribution in [1.29, 1.82) is 0 Å². The summed E-state index contributed by atoms with van der Waals surface area (Å²) in [5, 5.41) is 5.16. The van der Waals surface area contributed by atoms with E-state index in [2.05, 4.69) is 15.3 Å². The van der Waals surface area contributed by atoms with Gasteiger partial charge in [0.25, 0.3) is 5.91 Å². The van der Waals surface area contributed by atoms with Crippen LogP contribution in [0.4, 0.5) is 23.4 Å². The Morgan fingerprint density at radius 2 is 1.93 bits per heavy atom. The van der Waals surface area contributed by atoms with Crippen LogP contribution < -0.4 is 10.6 Å². The van der Waals surface area contributed by atoms with Crippen LogP contribution >= 0.6 is 0 Å². The molecular formula is C19H17F4N5O. The number of nitrogens with zero attached hydrogens (tertiary/aromatic N) is 3. The van der Waals surface area contributed by atoms with E-state index in [1.54, 1.807) is 13.0 Å². The molecule has 1 fully saturated rings. The van der Waals surface area contributed by atoms with Crippen molar-refractivity contribution in [3.8, 4) is 0 Å². The maximum atomic E-state index is 13.5. The van der Waals surface area contributed by atoms with Gasteiger partial charge in [-0.3, -0.25) is 9.20 Å². The second-order valence-electron chi connectivity index (χ2n) is 6.99. The fourth-order valence-corrected chi connectivity index (χ4v) is 3.00. The predicted octanol–water partition coefficient (Wildman–Crippen LogP) is 3.78. The molecule has 1 unspecified atom stereocenters. The Kier molecular flexibility index (Phi) is 4.64. The first kappa shape index (κ1) is 19.2. The number of fused-ring (bicyclic) bond motifs is 1. The summed E-state index contributed by atoms with van der Waals surface area (Å²) >= 11 is 0. The lowest BCUT2D eigenvalue weighted by Crippen LogP contribution is -2.38. The van der Waals surface area contributed by atoms with Gasteiger partial charge in [0, 0.05) is 17.8 Å². The number of halogens is 4. The Labute approximate surface area is 163 Å². The van der Waals surface area contributed by atoms with Gasteiger partial charge in [-0.15, -0.1) is 0 Å². The number of rotatable bonds is 5. The van der Waals surface area contributed by atoms with Crippen LogP contribution in [0.2, 0.25) is 0 Å². The van der Waals surface area contributed by atoms with Gasteiger partial charge in [-0.25, -0.2) is 14.4 Å². The number of hydrogen-bond acceptors (Lipinski definition) is 4. The largest absolute Gasteiger partial charge is 0.412 e. The Hall–Kier alpha value is -3.17. The molecule has 1 aliphatic rings. The van der Waals surface area contributed by atoms with E-state index in [-0.39, 0.29) is 16.9 Å². The monoisotopic (exact) mass is 407 g/mol. The molecule has 29 heavy (non-hydrogen) atoms. The first-order valence-electron chi connectivity index (χ1n) is 8.96. The summed E-state index contributed by atoms with van der Waals surface area (Å²) in [6, 6.07) is 3.59. The number of benzene rings is 1. The second kappa shape index (κ2) is 7.02. The van der Waals surface area contributed by atoms with Gasteiger partial charge in [-0.1, -0.05) is 12.1 Å². The molecule has 0 aliphatic heterocycles. The molecule has 3 aromatic rings. The molecule has 1 aromatic carbocycles. The smallest absolute Gasteiger partial charge is 0.367 e. The predicted molar refractivity (Wildman–Crippen MR) is 97.0 cm³/mol. The standard InChI is InChI=1S/C19H17F4N5O/c1-10-8-14(25-13-6-7-13)26-17-15(24-9-28(10)17)18(29)27-16(19(21,22)23)11-2-4-12(20)5-3-11/h2-5,8-9,13,16H,6-7H2,1H3,(H,25,26)(H,27,29). The van der Waals surface area contributed by atoms with Gasteiger partial charge in [-0.2, -0.15) is 13.2 Å². The molecule has 0 bridgehead atoms. The van der Waals surface area contributed by atoms with Gasteiger partial charge < -0.3 is 10.6 Å². The number of carbonyl (C=O) groups is 1. The third-order valence-electron chi connectivity index (χ3n) is 4.64. The molecular weight excluding hydrogens is 390 g/mol. The lowest BCUT2D eigenvalue weighted by molar-refractivity contribution is -0.155. The van der Waals surface area contributed by atoms with Gasteiger partial charge in [0.15, 0.2) is 17.4 Å². The van der Waals surface area contributed by atoms with Gasteiger partial charge in [-0.05, 0) is 37.5 Å². The molecule has 0 radical (unpaired) electrons. The van der Waals surface area contributed by atoms with Crippen molar-refractivity contribution in [2.45, 2.75) is 38.0 Å². The highest BCUT2D eigenvalue weighted by molar-refractivity contribution is 5.98. The van der Waals surface area contributed by atoms with Gasteiger partial charge in [0.1, 0.15) is 18.0 Å². The van der Waals surface area contributed by atoms with E-state index in [1.165, 1.54) is 10.7 Å². The molecule has 2 N–H and O–H groups in total. The van der Waals surface area contributed by atoms with Crippen molar-refractivity contribution in [3.63, 3.8) is 0 Å². The van der Waals surface area contributed by atoms with Crippen molar-refractivity contribution in [1.82, 2.24) is 19.7 Å². The molecule has 4 rings (SSSR count). The summed E-state index contributed by atoms with van der Waals surface area (Å²) in [5.41, 5.74) is 0.390. The van der Waals surface area contributed by atoms with Crippen molar-refractivity contribution in [2.75, 3.05) is 5.32 Å².